The highest BCUT2D eigenvalue weighted by Crippen LogP contribution is 2.57. The third-order valence-corrected chi connectivity index (χ3v) is 3.93. The van der Waals surface area contributed by atoms with E-state index in [9.17, 15) is 4.79 Å². The summed E-state index contributed by atoms with van der Waals surface area (Å²) in [4.78, 5) is 11.5. The topological polar surface area (TPSA) is 52.3 Å². The van der Waals surface area contributed by atoms with Gasteiger partial charge in [0.25, 0.3) is 0 Å². The zero-order valence-corrected chi connectivity index (χ0v) is 10.8. The van der Waals surface area contributed by atoms with Gasteiger partial charge >= 0.3 is 5.97 Å². The fourth-order valence-electron chi connectivity index (χ4n) is 2.53. The molecule has 0 amide bonds. The monoisotopic (exact) mass is 233 g/mol. The molecule has 0 aromatic heterocycles. The van der Waals surface area contributed by atoms with Crippen molar-refractivity contribution in [1.29, 1.82) is 0 Å². The van der Waals surface area contributed by atoms with Crippen LogP contribution in [0.5, 0.6) is 0 Å². The smallest absolute Gasteiger partial charge is 0.338 e. The molecule has 1 saturated carbocycles. The Kier molecular flexibility index (Phi) is 2.74. The first-order valence-corrected chi connectivity index (χ1v) is 5.84. The quantitative estimate of drug-likeness (QED) is 0.797. The van der Waals surface area contributed by atoms with Gasteiger partial charge in [-0.3, -0.25) is 0 Å². The summed E-state index contributed by atoms with van der Waals surface area (Å²) in [5, 5.41) is 0. The van der Waals surface area contributed by atoms with Crippen molar-refractivity contribution in [1.82, 2.24) is 0 Å². The number of ether oxygens (including phenoxy) is 1. The summed E-state index contributed by atoms with van der Waals surface area (Å²) in [6.07, 6.45) is 0. The van der Waals surface area contributed by atoms with Gasteiger partial charge in [0, 0.05) is 12.0 Å². The Morgan fingerprint density at radius 2 is 2.00 bits per heavy atom. The van der Waals surface area contributed by atoms with Gasteiger partial charge in [-0.25, -0.2) is 4.79 Å². The molecule has 2 N–H and O–H groups in total. The van der Waals surface area contributed by atoms with Gasteiger partial charge in [-0.05, 0) is 29.5 Å². The van der Waals surface area contributed by atoms with Crippen LogP contribution < -0.4 is 5.73 Å². The highest BCUT2D eigenvalue weighted by Gasteiger charge is 2.56. The minimum Gasteiger partial charge on any atom is -0.465 e. The summed E-state index contributed by atoms with van der Waals surface area (Å²) in [6.45, 7) is 6.27. The van der Waals surface area contributed by atoms with Crippen LogP contribution in [0.3, 0.4) is 0 Å². The molecule has 0 radical (unpaired) electrons. The molecular formula is C14H19NO2. The van der Waals surface area contributed by atoms with Crippen molar-refractivity contribution in [3.8, 4) is 0 Å². The summed E-state index contributed by atoms with van der Waals surface area (Å²) in [7, 11) is 1.40. The number of hydrogen-bond acceptors (Lipinski definition) is 3. The van der Waals surface area contributed by atoms with Gasteiger partial charge in [0.1, 0.15) is 0 Å². The molecule has 0 heterocycles. The Morgan fingerprint density at radius 1 is 1.41 bits per heavy atom. The van der Waals surface area contributed by atoms with Crippen molar-refractivity contribution >= 4 is 5.97 Å². The van der Waals surface area contributed by atoms with Crippen LogP contribution in [0.1, 0.15) is 41.3 Å². The van der Waals surface area contributed by atoms with Crippen LogP contribution in [0.2, 0.25) is 0 Å². The van der Waals surface area contributed by atoms with Crippen LogP contribution in [-0.4, -0.2) is 19.1 Å². The molecule has 0 unspecified atom stereocenters. The van der Waals surface area contributed by atoms with Crippen molar-refractivity contribution in [3.63, 3.8) is 0 Å². The zero-order chi connectivity index (χ0) is 12.8. The SMILES string of the molecule is COC(=O)c1ccc([C@H]2[C@H](N)C2(C)C)cc1C. The van der Waals surface area contributed by atoms with Crippen molar-refractivity contribution < 1.29 is 9.53 Å². The molecule has 0 aliphatic heterocycles. The average molecular weight is 233 g/mol. The van der Waals surface area contributed by atoms with Crippen LogP contribution in [0.15, 0.2) is 18.2 Å². The molecule has 1 aromatic carbocycles. The molecule has 0 bridgehead atoms. The maximum absolute atomic E-state index is 11.5. The molecule has 2 atom stereocenters. The highest BCUT2D eigenvalue weighted by atomic mass is 16.5. The van der Waals surface area contributed by atoms with Crippen LogP contribution in [0.25, 0.3) is 0 Å². The van der Waals surface area contributed by atoms with E-state index in [-0.39, 0.29) is 17.4 Å². The van der Waals surface area contributed by atoms with Gasteiger partial charge < -0.3 is 10.5 Å². The number of nitrogens with two attached hydrogens (primary N) is 1. The number of esters is 1. The van der Waals surface area contributed by atoms with Gasteiger partial charge in [-0.1, -0.05) is 26.0 Å². The van der Waals surface area contributed by atoms with Gasteiger partial charge in [-0.2, -0.15) is 0 Å². The molecule has 2 rings (SSSR count). The molecule has 1 aliphatic rings. The number of benzene rings is 1. The minimum absolute atomic E-state index is 0.166. The molecule has 0 saturated heterocycles. The van der Waals surface area contributed by atoms with Gasteiger partial charge in [0.2, 0.25) is 0 Å². The van der Waals surface area contributed by atoms with E-state index in [4.69, 9.17) is 10.5 Å². The van der Waals surface area contributed by atoms with E-state index >= 15 is 0 Å². The van der Waals surface area contributed by atoms with E-state index in [1.165, 1.54) is 12.7 Å². The minimum atomic E-state index is -0.284. The predicted octanol–water partition coefficient (Wildman–Crippen LogP) is 2.23. The molecule has 92 valence electrons. The lowest BCUT2D eigenvalue weighted by atomic mass is 9.98. The van der Waals surface area contributed by atoms with Crippen LogP contribution in [0, 0.1) is 12.3 Å². The number of hydrogen-bond donors (Lipinski definition) is 1. The third kappa shape index (κ3) is 1.84. The van der Waals surface area contributed by atoms with E-state index in [1.807, 2.05) is 25.1 Å². The Bertz CT molecular complexity index is 465. The molecule has 3 nitrogen and oxygen atoms in total. The van der Waals surface area contributed by atoms with Gasteiger partial charge in [0.05, 0.1) is 12.7 Å². The number of carbonyl (C=O) groups excluding carboxylic acids is 1. The van der Waals surface area contributed by atoms with Gasteiger partial charge in [0.15, 0.2) is 0 Å². The Morgan fingerprint density at radius 3 is 2.41 bits per heavy atom. The summed E-state index contributed by atoms with van der Waals surface area (Å²) in [5.41, 5.74) is 9.02. The number of methoxy groups -OCH3 is 1. The zero-order valence-electron chi connectivity index (χ0n) is 10.8. The highest BCUT2D eigenvalue weighted by molar-refractivity contribution is 5.91. The van der Waals surface area contributed by atoms with Crippen molar-refractivity contribution in [2.24, 2.45) is 11.1 Å². The summed E-state index contributed by atoms with van der Waals surface area (Å²) in [5.74, 6) is 0.112. The summed E-state index contributed by atoms with van der Waals surface area (Å²) < 4.78 is 4.73. The molecular weight excluding hydrogens is 214 g/mol. The number of aryl methyl sites for hydroxylation is 1. The Hall–Kier alpha value is -1.35. The second-order valence-electron chi connectivity index (χ2n) is 5.39. The van der Waals surface area contributed by atoms with Crippen molar-refractivity contribution in [2.45, 2.75) is 32.7 Å². The lowest BCUT2D eigenvalue weighted by Gasteiger charge is -2.08. The van der Waals surface area contributed by atoms with Crippen molar-refractivity contribution in [2.75, 3.05) is 7.11 Å². The fourth-order valence-corrected chi connectivity index (χ4v) is 2.53. The third-order valence-electron chi connectivity index (χ3n) is 3.93. The second kappa shape index (κ2) is 3.84. The van der Waals surface area contributed by atoms with E-state index in [1.54, 1.807) is 0 Å². The maximum atomic E-state index is 11.5. The van der Waals surface area contributed by atoms with E-state index < -0.39 is 0 Å². The molecule has 3 heteroatoms. The summed E-state index contributed by atoms with van der Waals surface area (Å²) >= 11 is 0. The molecule has 1 fully saturated rings. The Balaban J connectivity index is 2.30. The lowest BCUT2D eigenvalue weighted by molar-refractivity contribution is 0.0600. The summed E-state index contributed by atoms with van der Waals surface area (Å²) in [6, 6.07) is 6.08. The fraction of sp³-hybridized carbons (Fsp3) is 0.500. The second-order valence-corrected chi connectivity index (χ2v) is 5.39. The van der Waals surface area contributed by atoms with Gasteiger partial charge in [-0.15, -0.1) is 0 Å². The van der Waals surface area contributed by atoms with Crippen molar-refractivity contribution in [3.05, 3.63) is 34.9 Å². The van der Waals surface area contributed by atoms with E-state index in [0.29, 0.717) is 11.5 Å². The first-order chi connectivity index (χ1) is 7.89. The standard InChI is InChI=1S/C14H19NO2/c1-8-7-9(11-12(15)14(11,2)3)5-6-10(8)13(16)17-4/h5-7,11-12H,15H2,1-4H3/t11-,12-/m0/s1. The van der Waals surface area contributed by atoms with Crippen LogP contribution in [0.4, 0.5) is 0 Å². The van der Waals surface area contributed by atoms with E-state index in [2.05, 4.69) is 13.8 Å². The van der Waals surface area contributed by atoms with Crippen LogP contribution in [-0.2, 0) is 4.74 Å². The number of rotatable bonds is 2. The largest absolute Gasteiger partial charge is 0.465 e. The average Bonchev–Trinajstić information content (AvgIpc) is 2.77. The maximum Gasteiger partial charge on any atom is 0.338 e. The molecule has 1 aromatic rings. The first-order valence-electron chi connectivity index (χ1n) is 5.84. The number of carbonyl (C=O) groups is 1. The molecule has 0 spiro atoms. The van der Waals surface area contributed by atoms with Crippen LogP contribution >= 0.6 is 0 Å². The Labute approximate surface area is 102 Å². The predicted molar refractivity (Wildman–Crippen MR) is 67.0 cm³/mol. The van der Waals surface area contributed by atoms with E-state index in [0.717, 1.165) is 5.56 Å². The first kappa shape index (κ1) is 12.1. The lowest BCUT2D eigenvalue weighted by Crippen LogP contribution is -2.06. The molecule has 1 aliphatic carbocycles. The normalized spacial score (nSPS) is 25.5. The molecule has 17 heavy (non-hydrogen) atoms.